The molecule has 0 aliphatic carbocycles. The average Bonchev–Trinajstić information content (AvgIpc) is 0.772. The summed E-state index contributed by atoms with van der Waals surface area (Å²) in [7, 11) is 1.54. The van der Waals surface area contributed by atoms with E-state index in [1.54, 1.807) is 13.8 Å². The van der Waals surface area contributed by atoms with E-state index in [0.717, 1.165) is 18.2 Å². The molecule has 6 aliphatic rings. The molecule has 11 rings (SSSR count). The number of ketones is 1. The second-order valence-corrected chi connectivity index (χ2v) is 27.5. The van der Waals surface area contributed by atoms with Crippen LogP contribution in [0.1, 0.15) is 120 Å². The van der Waals surface area contributed by atoms with Gasteiger partial charge in [-0.25, -0.2) is 0 Å². The third-order valence-electron chi connectivity index (χ3n) is 18.0. The van der Waals surface area contributed by atoms with Crippen LogP contribution in [0.15, 0.2) is 91.2 Å². The van der Waals surface area contributed by atoms with Crippen molar-refractivity contribution in [3.05, 3.63) is 129 Å². The number of aliphatic hydroxyl groups excluding tert-OH is 6. The fraction of sp³-hybridized carbons (Fsp3) is 0.457. The summed E-state index contributed by atoms with van der Waals surface area (Å²) >= 11 is 14.2. The first kappa shape index (κ1) is 75.8. The number of rotatable bonds is 13. The van der Waals surface area contributed by atoms with E-state index in [9.17, 15) is 65.1 Å². The number of fused-ring (bicyclic) bond motifs is 16. The summed E-state index contributed by atoms with van der Waals surface area (Å²) in [6, 6.07) is 6.49. The summed E-state index contributed by atoms with van der Waals surface area (Å²) in [5.41, 5.74) is 4.53. The Balaban J connectivity index is 1.31. The first-order valence-electron chi connectivity index (χ1n) is 32.5. The molecule has 5 aromatic carbocycles. The molecule has 30 heteroatoms. The van der Waals surface area contributed by atoms with Crippen molar-refractivity contribution in [3.63, 3.8) is 0 Å². The van der Waals surface area contributed by atoms with Crippen molar-refractivity contribution in [2.45, 2.75) is 172 Å². The predicted octanol–water partition coefficient (Wildman–Crippen LogP) is 5.11. The number of Topliss-reactive ketones (excluding diaryl/α,β-unsaturated/α-hetero) is 1. The van der Waals surface area contributed by atoms with Gasteiger partial charge in [0, 0.05) is 41.0 Å². The van der Waals surface area contributed by atoms with Crippen LogP contribution in [0.3, 0.4) is 0 Å². The smallest absolute Gasteiger partial charge is 0.248 e. The number of carbonyl (C=O) groups excluding carboxylic acids is 6. The summed E-state index contributed by atoms with van der Waals surface area (Å²) in [4.78, 5) is 88.9. The van der Waals surface area contributed by atoms with Crippen molar-refractivity contribution in [2.24, 2.45) is 23.5 Å². The third-order valence-corrected chi connectivity index (χ3v) is 18.5. The van der Waals surface area contributed by atoms with Crippen LogP contribution in [0.5, 0.6) is 46.0 Å². The Kier molecular flexibility index (Phi) is 23.7. The van der Waals surface area contributed by atoms with Crippen LogP contribution in [0.25, 0.3) is 11.1 Å². The number of halogens is 2. The molecule has 2 fully saturated rings. The molecule has 5 aromatic rings. The topological polar surface area (TPSA) is 438 Å². The van der Waals surface area contributed by atoms with Crippen molar-refractivity contribution < 1.29 is 103 Å². The van der Waals surface area contributed by atoms with Crippen molar-refractivity contribution in [2.75, 3.05) is 13.7 Å². The van der Waals surface area contributed by atoms with E-state index in [-0.39, 0.29) is 73.7 Å². The standard InChI is InChI=1S/C70H85Cl2N7O21/c1-28(2)17-43(74-10)66(92)79-56-58(86)36-13-16-47(42(72)21-36)97-49-23-37-22-48(61(49)100-69-62(60(88)59(87)50(27-80)98-69)99-51-26-70(9,73)63(89)33(8)95-51)96-46-15-11-34(19-41(46)71)18-30(5)64(90)76-53(32(7)81)40-24-38(82)25-45(84)52(40)39-20-35(12-14-44(39)83)54(57(85)29(3)4)77-67(93)55(37)78-65(91)31(6)75-68(56)94/h11-16,19-25,28-31,33,43,50-51,53-56,58-60,62-63,69,74,80-84,86-89H,7,17-18,26-27,73H2,1-6,8-10H3,(H,75,94)(H,76,90)(H,77,93)(H,78,91)(H,79,92)/t30-,31?,33-,43+,50?,51-,53?,54?,55?,56+,58+,59+,60-,62+,63+,69-,70-/m0/s1. The van der Waals surface area contributed by atoms with Crippen LogP contribution in [0.2, 0.25) is 10.0 Å². The minimum absolute atomic E-state index is 0.0193. The summed E-state index contributed by atoms with van der Waals surface area (Å²) in [6.45, 7) is 15.4. The van der Waals surface area contributed by atoms with E-state index >= 15 is 9.59 Å². The molecule has 6 heterocycles. The number of aliphatic hydroxyl groups is 6. The van der Waals surface area contributed by atoms with E-state index in [2.05, 4.69) is 38.5 Å². The zero-order chi connectivity index (χ0) is 73.3. The Hall–Kier alpha value is -8.36. The monoisotopic (exact) mass is 1430 g/mol. The highest BCUT2D eigenvalue weighted by Crippen LogP contribution is 2.50. The highest BCUT2D eigenvalue weighted by molar-refractivity contribution is 6.32. The van der Waals surface area contributed by atoms with Gasteiger partial charge in [-0.3, -0.25) is 28.8 Å². The van der Waals surface area contributed by atoms with Gasteiger partial charge in [-0.15, -0.1) is 0 Å². The summed E-state index contributed by atoms with van der Waals surface area (Å²) < 4.78 is 38.8. The first-order valence-corrected chi connectivity index (χ1v) is 33.2. The fourth-order valence-electron chi connectivity index (χ4n) is 12.4. The molecule has 0 spiro atoms. The molecule has 6 aliphatic heterocycles. The maximum Gasteiger partial charge on any atom is 0.248 e. The molecule has 17 N–H and O–H groups in total. The molecule has 0 radical (unpaired) electrons. The Morgan fingerprint density at radius 2 is 1.39 bits per heavy atom. The lowest BCUT2D eigenvalue weighted by atomic mass is 9.86. The summed E-state index contributed by atoms with van der Waals surface area (Å²) in [5, 5.41) is 119. The largest absolute Gasteiger partial charge is 0.510 e. The van der Waals surface area contributed by atoms with Gasteiger partial charge in [0.2, 0.25) is 41.6 Å². The van der Waals surface area contributed by atoms with Crippen molar-refractivity contribution >= 4 is 58.5 Å². The number of benzene rings is 5. The number of nitrogens with one attached hydrogen (secondary N) is 6. The summed E-state index contributed by atoms with van der Waals surface area (Å²) in [6.07, 6.45) is -14.4. The lowest BCUT2D eigenvalue weighted by molar-refractivity contribution is -0.333. The Labute approximate surface area is 586 Å². The Morgan fingerprint density at radius 3 is 1.99 bits per heavy atom. The van der Waals surface area contributed by atoms with Crippen LogP contribution in [-0.2, 0) is 49.4 Å². The number of hydrogen-bond donors (Lipinski definition) is 16. The maximum absolute atomic E-state index is 15.9. The normalized spacial score (nSPS) is 28.6. The number of phenolic OH excluding ortho intramolecular Hbond substituents is 3. The predicted molar refractivity (Wildman–Crippen MR) is 361 cm³/mol. The molecule has 28 nitrogen and oxygen atoms in total. The molecule has 0 aromatic heterocycles. The van der Waals surface area contributed by atoms with Gasteiger partial charge in [0.25, 0.3) is 0 Å². The van der Waals surface area contributed by atoms with Crippen LogP contribution in [-0.4, -0.2) is 168 Å². The number of ether oxygens (including phenoxy) is 6. The van der Waals surface area contributed by atoms with Gasteiger partial charge in [0.15, 0.2) is 29.7 Å². The van der Waals surface area contributed by atoms with Gasteiger partial charge < -0.3 is 112 Å². The van der Waals surface area contributed by atoms with E-state index in [1.165, 1.54) is 95.4 Å². The molecule has 17 atom stereocenters. The van der Waals surface area contributed by atoms with Crippen molar-refractivity contribution in [1.82, 2.24) is 31.9 Å². The zero-order valence-corrected chi connectivity index (χ0v) is 57.7. The molecule has 2 saturated heterocycles. The minimum Gasteiger partial charge on any atom is -0.510 e. The van der Waals surface area contributed by atoms with Crippen molar-refractivity contribution in [1.29, 1.82) is 0 Å². The third kappa shape index (κ3) is 16.7. The van der Waals surface area contributed by atoms with Gasteiger partial charge in [-0.1, -0.05) is 82.6 Å². The van der Waals surface area contributed by atoms with Gasteiger partial charge in [-0.2, -0.15) is 0 Å². The second-order valence-electron chi connectivity index (χ2n) is 26.7. The SMILES string of the molecule is C=C(O)C1NC(=O)[C@@H](C)Cc2ccc(c(Cl)c2)Oc2cc3cc(c2O[C@@H]2OC(CO)[C@@H](O)[C@H](O)[C@H]2O[C@H]2C[C@](C)(N)[C@H](O)[C@H](C)O2)Oc2ccc(cc2Cl)[C@@H](O)[C@@H](NC(=O)[C@@H](CC(C)C)NC)C(=O)NC(C)C(=O)NC3C(=O)NC(C(=O)C(C)C)c2ccc(O)c(c2)-c2c(O)cc(O)cc21. The molecular weight excluding hydrogens is 1350 g/mol. The van der Waals surface area contributed by atoms with Gasteiger partial charge >= 0.3 is 0 Å². The van der Waals surface area contributed by atoms with Gasteiger partial charge in [0.1, 0.15) is 89.1 Å². The highest BCUT2D eigenvalue weighted by atomic mass is 35.5. The van der Waals surface area contributed by atoms with Crippen molar-refractivity contribution in [3.8, 4) is 57.1 Å². The maximum atomic E-state index is 15.9. The lowest BCUT2D eigenvalue weighted by Crippen LogP contribution is -2.64. The first-order chi connectivity index (χ1) is 47.1. The van der Waals surface area contributed by atoms with Crippen LogP contribution in [0, 0.1) is 17.8 Å². The number of carbonyl (C=O) groups is 6. The quantitative estimate of drug-likeness (QED) is 0.0681. The molecule has 5 amide bonds. The number of phenols is 3. The highest BCUT2D eigenvalue weighted by Gasteiger charge is 2.51. The molecule has 9 bridgehead atoms. The number of likely N-dealkylation sites (N-methyl/N-ethyl adjacent to an activating group) is 1. The number of amides is 5. The number of aromatic hydroxyl groups is 3. The fourth-order valence-corrected chi connectivity index (χ4v) is 12.9. The molecule has 540 valence electrons. The van der Waals surface area contributed by atoms with E-state index in [4.69, 9.17) is 57.4 Å². The van der Waals surface area contributed by atoms with Gasteiger partial charge in [-0.05, 0) is 129 Å². The number of nitrogens with two attached hydrogens (primary N) is 1. The van der Waals surface area contributed by atoms with Gasteiger partial charge in [0.05, 0.1) is 34.9 Å². The van der Waals surface area contributed by atoms with E-state index < -0.39 is 191 Å². The second kappa shape index (κ2) is 31.3. The molecular formula is C70H85Cl2N7O21. The Morgan fingerprint density at radius 1 is 0.750 bits per heavy atom. The summed E-state index contributed by atoms with van der Waals surface area (Å²) in [5.74, 6) is -11.6. The average molecular weight is 1430 g/mol. The van der Waals surface area contributed by atoms with Crippen LogP contribution < -0.4 is 51.8 Å². The molecule has 5 unspecified atom stereocenters. The minimum atomic E-state index is -2.06. The van der Waals surface area contributed by atoms with E-state index in [1.807, 2.05) is 13.8 Å². The van der Waals surface area contributed by atoms with Crippen LogP contribution in [0.4, 0.5) is 0 Å². The zero-order valence-electron chi connectivity index (χ0n) is 56.2. The van der Waals surface area contributed by atoms with E-state index in [0.29, 0.717) is 12.0 Å². The Bertz CT molecular complexity index is 3930. The molecule has 0 saturated carbocycles. The molecule has 100 heavy (non-hydrogen) atoms. The lowest BCUT2D eigenvalue weighted by Gasteiger charge is -2.47. The van der Waals surface area contributed by atoms with Crippen LogP contribution >= 0.6 is 23.2 Å². The number of hydrogen-bond acceptors (Lipinski definition) is 23.